The SMILES string of the molecule is CCS(=O)(=O)c1ccc(CNc2nc3cnc(Cl)nc3n([C@@H]3C[C@H]4CC[C@@H]3C4)c2=O)nc1. The highest BCUT2D eigenvalue weighted by molar-refractivity contribution is 7.91. The standard InChI is InChI=1S/C21H23ClN6O3S/c1-2-32(30,31)15-6-5-14(23-10-15)9-24-18-20(29)28(17-8-12-3-4-13(17)7-12)19-16(26-18)11-25-21(22)27-19/h5-6,10-13,17H,2-4,7-9H2,1H3,(H,24,26)/t12-,13+,17+/m0/s1. The lowest BCUT2D eigenvalue weighted by atomic mass is 9.95. The van der Waals surface area contributed by atoms with Gasteiger partial charge in [-0.25, -0.2) is 18.4 Å². The van der Waals surface area contributed by atoms with Crippen LogP contribution < -0.4 is 10.9 Å². The fraction of sp³-hybridized carbons (Fsp3) is 0.476. The number of nitrogens with zero attached hydrogens (tertiary/aromatic N) is 5. The first kappa shape index (κ1) is 21.3. The molecule has 0 unspecified atom stereocenters. The zero-order valence-corrected chi connectivity index (χ0v) is 19.1. The summed E-state index contributed by atoms with van der Waals surface area (Å²) in [4.78, 5) is 30.6. The molecule has 2 bridgehead atoms. The molecule has 0 saturated heterocycles. The Morgan fingerprint density at radius 2 is 2.00 bits per heavy atom. The van der Waals surface area contributed by atoms with Crippen LogP contribution in [-0.4, -0.2) is 38.7 Å². The van der Waals surface area contributed by atoms with Crippen molar-refractivity contribution in [2.75, 3.05) is 11.1 Å². The quantitative estimate of drug-likeness (QED) is 0.541. The van der Waals surface area contributed by atoms with Gasteiger partial charge >= 0.3 is 0 Å². The molecule has 2 aliphatic rings. The number of halogens is 1. The molecule has 32 heavy (non-hydrogen) atoms. The molecule has 2 aliphatic carbocycles. The van der Waals surface area contributed by atoms with Gasteiger partial charge in [-0.15, -0.1) is 0 Å². The van der Waals surface area contributed by atoms with E-state index >= 15 is 0 Å². The molecule has 0 aromatic carbocycles. The second-order valence-corrected chi connectivity index (χ2v) is 11.1. The van der Waals surface area contributed by atoms with E-state index in [4.69, 9.17) is 11.6 Å². The highest BCUT2D eigenvalue weighted by Crippen LogP contribution is 2.50. The van der Waals surface area contributed by atoms with Gasteiger partial charge in [-0.1, -0.05) is 13.3 Å². The zero-order chi connectivity index (χ0) is 22.5. The van der Waals surface area contributed by atoms with Gasteiger partial charge in [0.05, 0.1) is 29.1 Å². The minimum atomic E-state index is -3.31. The summed E-state index contributed by atoms with van der Waals surface area (Å²) in [6.45, 7) is 1.82. The van der Waals surface area contributed by atoms with Crippen LogP contribution in [0.4, 0.5) is 5.82 Å². The molecule has 2 fully saturated rings. The number of hydrogen-bond donors (Lipinski definition) is 1. The Labute approximate surface area is 190 Å². The maximum absolute atomic E-state index is 13.4. The molecule has 3 aromatic rings. The van der Waals surface area contributed by atoms with Crippen LogP contribution in [0.15, 0.2) is 34.2 Å². The van der Waals surface area contributed by atoms with Gasteiger partial charge in [0.25, 0.3) is 5.56 Å². The van der Waals surface area contributed by atoms with Crippen molar-refractivity contribution < 1.29 is 8.42 Å². The molecule has 168 valence electrons. The number of nitrogens with one attached hydrogen (secondary N) is 1. The van der Waals surface area contributed by atoms with Gasteiger partial charge in [0, 0.05) is 12.2 Å². The minimum Gasteiger partial charge on any atom is -0.360 e. The summed E-state index contributed by atoms with van der Waals surface area (Å²) >= 11 is 6.03. The average Bonchev–Trinajstić information content (AvgIpc) is 3.42. The molecule has 9 nitrogen and oxygen atoms in total. The summed E-state index contributed by atoms with van der Waals surface area (Å²) in [5, 5.41) is 3.16. The molecule has 0 amide bonds. The highest BCUT2D eigenvalue weighted by Gasteiger charge is 2.41. The van der Waals surface area contributed by atoms with Gasteiger partial charge < -0.3 is 5.32 Å². The van der Waals surface area contributed by atoms with Crippen molar-refractivity contribution >= 4 is 38.4 Å². The molecule has 1 N–H and O–H groups in total. The Kier molecular flexibility index (Phi) is 5.37. The Morgan fingerprint density at radius 1 is 1.16 bits per heavy atom. The summed E-state index contributed by atoms with van der Waals surface area (Å²) in [7, 11) is -3.31. The van der Waals surface area contributed by atoms with Crippen LogP contribution in [0.3, 0.4) is 0 Å². The third-order valence-electron chi connectivity index (χ3n) is 6.61. The molecule has 3 aromatic heterocycles. The lowest BCUT2D eigenvalue weighted by Crippen LogP contribution is -2.32. The highest BCUT2D eigenvalue weighted by atomic mass is 35.5. The summed E-state index contributed by atoms with van der Waals surface area (Å²) in [6.07, 6.45) is 7.30. The molecule has 5 rings (SSSR count). The normalized spacial score (nSPS) is 22.5. The lowest BCUT2D eigenvalue weighted by Gasteiger charge is -2.25. The van der Waals surface area contributed by atoms with E-state index in [1.54, 1.807) is 17.6 Å². The van der Waals surface area contributed by atoms with Gasteiger partial charge in [-0.05, 0) is 54.8 Å². The first-order valence-electron chi connectivity index (χ1n) is 10.7. The second kappa shape index (κ2) is 8.08. The molecular formula is C21H23ClN6O3S. The maximum Gasteiger partial charge on any atom is 0.295 e. The molecule has 3 atom stereocenters. The van der Waals surface area contributed by atoms with Crippen molar-refractivity contribution in [1.29, 1.82) is 0 Å². The van der Waals surface area contributed by atoms with Crippen LogP contribution in [0.2, 0.25) is 5.28 Å². The van der Waals surface area contributed by atoms with Crippen molar-refractivity contribution in [1.82, 2.24) is 24.5 Å². The third-order valence-corrected chi connectivity index (χ3v) is 8.51. The van der Waals surface area contributed by atoms with Crippen LogP contribution >= 0.6 is 11.6 Å². The number of sulfone groups is 1. The van der Waals surface area contributed by atoms with Gasteiger partial charge in [-0.3, -0.25) is 14.3 Å². The summed E-state index contributed by atoms with van der Waals surface area (Å²) < 4.78 is 25.7. The number of fused-ring (bicyclic) bond motifs is 3. The van der Waals surface area contributed by atoms with Crippen molar-refractivity contribution in [3.8, 4) is 0 Å². The van der Waals surface area contributed by atoms with Crippen LogP contribution in [0.1, 0.15) is 44.3 Å². The third kappa shape index (κ3) is 3.75. The van der Waals surface area contributed by atoms with Gasteiger partial charge in [-0.2, -0.15) is 4.98 Å². The summed E-state index contributed by atoms with van der Waals surface area (Å²) in [5.41, 5.74) is 1.32. The Hall–Kier alpha value is -2.59. The van der Waals surface area contributed by atoms with E-state index in [9.17, 15) is 13.2 Å². The van der Waals surface area contributed by atoms with Crippen molar-refractivity contribution in [3.63, 3.8) is 0 Å². The number of aromatic nitrogens is 5. The second-order valence-electron chi connectivity index (χ2n) is 8.47. The average molecular weight is 475 g/mol. The smallest absolute Gasteiger partial charge is 0.295 e. The number of anilines is 1. The number of pyridine rings is 1. The van der Waals surface area contributed by atoms with E-state index in [1.807, 2.05) is 0 Å². The first-order chi connectivity index (χ1) is 15.4. The van der Waals surface area contributed by atoms with Gasteiger partial charge in [0.1, 0.15) is 5.52 Å². The van der Waals surface area contributed by atoms with Crippen molar-refractivity contribution in [3.05, 3.63) is 45.9 Å². The Bertz CT molecular complexity index is 1340. The summed E-state index contributed by atoms with van der Waals surface area (Å²) in [6, 6.07) is 3.24. The fourth-order valence-electron chi connectivity index (χ4n) is 4.97. The number of hydrogen-bond acceptors (Lipinski definition) is 8. The van der Waals surface area contributed by atoms with Crippen molar-refractivity contribution in [2.24, 2.45) is 11.8 Å². The number of rotatable bonds is 6. The predicted octanol–water partition coefficient (Wildman–Crippen LogP) is 3.00. The van der Waals surface area contributed by atoms with Crippen LogP contribution in [0.25, 0.3) is 11.2 Å². The van der Waals surface area contributed by atoms with Crippen LogP contribution in [-0.2, 0) is 16.4 Å². The van der Waals surface area contributed by atoms with E-state index in [-0.39, 0.29) is 39.9 Å². The summed E-state index contributed by atoms with van der Waals surface area (Å²) in [5.74, 6) is 1.32. The Morgan fingerprint density at radius 3 is 2.66 bits per heavy atom. The monoisotopic (exact) mass is 474 g/mol. The molecular weight excluding hydrogens is 452 g/mol. The molecule has 2 saturated carbocycles. The lowest BCUT2D eigenvalue weighted by molar-refractivity contribution is 0.329. The maximum atomic E-state index is 13.4. The molecule has 0 radical (unpaired) electrons. The van der Waals surface area contributed by atoms with Crippen LogP contribution in [0, 0.1) is 11.8 Å². The predicted molar refractivity (Wildman–Crippen MR) is 120 cm³/mol. The molecule has 0 spiro atoms. The molecule has 11 heteroatoms. The van der Waals surface area contributed by atoms with E-state index in [0.29, 0.717) is 28.7 Å². The molecule has 3 heterocycles. The Balaban J connectivity index is 1.48. The van der Waals surface area contributed by atoms with E-state index in [2.05, 4.69) is 25.3 Å². The zero-order valence-electron chi connectivity index (χ0n) is 17.5. The first-order valence-corrected chi connectivity index (χ1v) is 12.7. The van der Waals surface area contributed by atoms with E-state index in [0.717, 1.165) is 19.3 Å². The van der Waals surface area contributed by atoms with Crippen molar-refractivity contribution in [2.45, 2.75) is 50.1 Å². The molecule has 0 aliphatic heterocycles. The van der Waals surface area contributed by atoms with E-state index in [1.165, 1.54) is 24.9 Å². The van der Waals surface area contributed by atoms with Gasteiger partial charge in [0.2, 0.25) is 5.28 Å². The van der Waals surface area contributed by atoms with Gasteiger partial charge in [0.15, 0.2) is 21.3 Å². The van der Waals surface area contributed by atoms with E-state index < -0.39 is 9.84 Å². The minimum absolute atomic E-state index is 0.0158. The largest absolute Gasteiger partial charge is 0.360 e. The fourth-order valence-corrected chi connectivity index (χ4v) is 5.92. The topological polar surface area (TPSA) is 120 Å². The van der Waals surface area contributed by atoms with Crippen LogP contribution in [0.5, 0.6) is 0 Å².